The minimum Gasteiger partial charge on any atom is -0.497 e. The van der Waals surface area contributed by atoms with Crippen LogP contribution in [0, 0.1) is 0 Å². The molecule has 2 aliphatic rings. The Hall–Kier alpha value is -1.58. The Morgan fingerprint density at radius 2 is 1.61 bits per heavy atom. The summed E-state index contributed by atoms with van der Waals surface area (Å²) in [4.78, 5) is 0. The van der Waals surface area contributed by atoms with Crippen LogP contribution in [0.4, 0.5) is 0 Å². The maximum atomic E-state index is 5.32. The highest BCUT2D eigenvalue weighted by atomic mass is 16.5. The topological polar surface area (TPSA) is 33.3 Å². The molecule has 0 spiro atoms. The molecule has 2 aromatic carbocycles. The monoisotopic (exact) mass is 310 g/mol. The fraction of sp³-hybridized carbons (Fsp3) is 0.500. The van der Waals surface area contributed by atoms with Crippen molar-refractivity contribution in [1.82, 2.24) is 10.6 Å². The summed E-state index contributed by atoms with van der Waals surface area (Å²) in [7, 11) is 1.72. The van der Waals surface area contributed by atoms with Crippen molar-refractivity contribution in [3.8, 4) is 5.75 Å². The molecule has 0 bridgehead atoms. The van der Waals surface area contributed by atoms with E-state index in [1.54, 1.807) is 7.11 Å². The molecular formula is C20H26N2O. The molecule has 23 heavy (non-hydrogen) atoms. The summed E-state index contributed by atoms with van der Waals surface area (Å²) in [5, 5.41) is 10.2. The van der Waals surface area contributed by atoms with Crippen LogP contribution in [0.15, 0.2) is 36.4 Å². The van der Waals surface area contributed by atoms with E-state index in [2.05, 4.69) is 47.9 Å². The predicted molar refractivity (Wildman–Crippen MR) is 95.0 cm³/mol. The lowest BCUT2D eigenvalue weighted by molar-refractivity contribution is 0.374. The zero-order chi connectivity index (χ0) is 15.8. The Labute approximate surface area is 138 Å². The van der Waals surface area contributed by atoms with E-state index in [9.17, 15) is 0 Å². The molecule has 2 aromatic rings. The van der Waals surface area contributed by atoms with E-state index in [4.69, 9.17) is 4.74 Å². The van der Waals surface area contributed by atoms with Crippen LogP contribution in [0.5, 0.6) is 5.75 Å². The molecule has 3 nitrogen and oxygen atoms in total. The molecule has 3 unspecified atom stereocenters. The summed E-state index contributed by atoms with van der Waals surface area (Å²) < 4.78 is 5.32. The van der Waals surface area contributed by atoms with Gasteiger partial charge < -0.3 is 4.74 Å². The Balaban J connectivity index is 1.56. The molecular weight excluding hydrogens is 284 g/mol. The van der Waals surface area contributed by atoms with Crippen LogP contribution in [-0.4, -0.2) is 25.4 Å². The van der Waals surface area contributed by atoms with Gasteiger partial charge in [-0.15, -0.1) is 0 Å². The van der Waals surface area contributed by atoms with Gasteiger partial charge in [-0.1, -0.05) is 44.0 Å². The average molecular weight is 310 g/mol. The van der Waals surface area contributed by atoms with E-state index in [1.807, 2.05) is 6.07 Å². The number of fused-ring (bicyclic) bond motifs is 2. The summed E-state index contributed by atoms with van der Waals surface area (Å²) in [6, 6.07) is 14.4. The maximum absolute atomic E-state index is 5.32. The molecule has 0 amide bonds. The van der Waals surface area contributed by atoms with Crippen molar-refractivity contribution in [2.24, 2.45) is 0 Å². The molecule has 2 fully saturated rings. The number of nitrogens with one attached hydrogen (secondary N) is 2. The van der Waals surface area contributed by atoms with E-state index in [-0.39, 0.29) is 0 Å². The second-order valence-electron chi connectivity index (χ2n) is 7.07. The SMILES string of the molecule is COc1ccc2cc(C(C)C3NC4CCCCC4N3)ccc2c1. The Morgan fingerprint density at radius 1 is 0.957 bits per heavy atom. The Kier molecular flexibility index (Phi) is 4.00. The average Bonchev–Trinajstić information content (AvgIpc) is 3.04. The first-order chi connectivity index (χ1) is 11.2. The molecule has 1 aliphatic carbocycles. The first-order valence-electron chi connectivity index (χ1n) is 8.84. The van der Waals surface area contributed by atoms with Crippen molar-refractivity contribution < 1.29 is 4.74 Å². The van der Waals surface area contributed by atoms with Crippen LogP contribution in [0.2, 0.25) is 0 Å². The highest BCUT2D eigenvalue weighted by molar-refractivity contribution is 5.84. The number of methoxy groups -OCH3 is 1. The van der Waals surface area contributed by atoms with E-state index >= 15 is 0 Å². The fourth-order valence-electron chi connectivity index (χ4n) is 4.17. The van der Waals surface area contributed by atoms with Gasteiger partial charge in [0.05, 0.1) is 13.3 Å². The van der Waals surface area contributed by atoms with Crippen LogP contribution in [0.25, 0.3) is 10.8 Å². The molecule has 0 aromatic heterocycles. The van der Waals surface area contributed by atoms with Gasteiger partial charge in [0, 0.05) is 18.0 Å². The molecule has 122 valence electrons. The summed E-state index contributed by atoms with van der Waals surface area (Å²) in [5.41, 5.74) is 1.39. The van der Waals surface area contributed by atoms with Crippen molar-refractivity contribution >= 4 is 10.8 Å². The van der Waals surface area contributed by atoms with Gasteiger partial charge in [0.1, 0.15) is 5.75 Å². The van der Waals surface area contributed by atoms with E-state index in [0.717, 1.165) is 5.75 Å². The molecule has 1 saturated heterocycles. The van der Waals surface area contributed by atoms with Crippen LogP contribution in [-0.2, 0) is 0 Å². The lowest BCUT2D eigenvalue weighted by Gasteiger charge is -2.23. The Morgan fingerprint density at radius 3 is 2.30 bits per heavy atom. The summed E-state index contributed by atoms with van der Waals surface area (Å²) in [5.74, 6) is 1.38. The second kappa shape index (κ2) is 6.14. The van der Waals surface area contributed by atoms with Crippen molar-refractivity contribution in [3.05, 3.63) is 42.0 Å². The molecule has 1 aliphatic heterocycles. The number of rotatable bonds is 3. The van der Waals surface area contributed by atoms with Crippen LogP contribution < -0.4 is 15.4 Å². The molecule has 2 N–H and O–H groups in total. The minimum absolute atomic E-state index is 0.388. The number of ether oxygens (including phenoxy) is 1. The van der Waals surface area contributed by atoms with Crippen molar-refractivity contribution in [3.63, 3.8) is 0 Å². The molecule has 3 atom stereocenters. The minimum atomic E-state index is 0.388. The molecule has 4 rings (SSSR count). The first-order valence-corrected chi connectivity index (χ1v) is 8.84. The lowest BCUT2D eigenvalue weighted by Crippen LogP contribution is -2.38. The van der Waals surface area contributed by atoms with Gasteiger partial charge in [0.25, 0.3) is 0 Å². The third-order valence-corrected chi connectivity index (χ3v) is 5.65. The molecule has 0 radical (unpaired) electrons. The fourth-order valence-corrected chi connectivity index (χ4v) is 4.17. The van der Waals surface area contributed by atoms with Gasteiger partial charge in [-0.25, -0.2) is 0 Å². The summed E-state index contributed by atoms with van der Waals surface area (Å²) >= 11 is 0. The molecule has 1 heterocycles. The van der Waals surface area contributed by atoms with E-state index in [0.29, 0.717) is 24.2 Å². The van der Waals surface area contributed by atoms with Gasteiger partial charge in [0.15, 0.2) is 0 Å². The number of benzene rings is 2. The standard InChI is InChI=1S/C20H26N2O/c1-13(20-21-18-5-3-4-6-19(18)22-20)14-7-8-16-12-17(23-2)10-9-15(16)11-14/h7-13,18-22H,3-6H2,1-2H3. The van der Waals surface area contributed by atoms with Gasteiger partial charge >= 0.3 is 0 Å². The van der Waals surface area contributed by atoms with Crippen LogP contribution in [0.3, 0.4) is 0 Å². The predicted octanol–water partition coefficient (Wildman–Crippen LogP) is 3.78. The van der Waals surface area contributed by atoms with Gasteiger partial charge in [-0.05, 0) is 41.3 Å². The molecule has 1 saturated carbocycles. The zero-order valence-electron chi connectivity index (χ0n) is 14.0. The normalized spacial score (nSPS) is 28.5. The van der Waals surface area contributed by atoms with Crippen LogP contribution >= 0.6 is 0 Å². The van der Waals surface area contributed by atoms with Crippen molar-refractivity contribution in [2.45, 2.75) is 56.8 Å². The smallest absolute Gasteiger partial charge is 0.119 e. The third-order valence-electron chi connectivity index (χ3n) is 5.65. The van der Waals surface area contributed by atoms with Crippen molar-refractivity contribution in [1.29, 1.82) is 0 Å². The summed E-state index contributed by atoms with van der Waals surface area (Å²) in [6.07, 6.45) is 5.76. The first kappa shape index (κ1) is 15.0. The number of hydrogen-bond acceptors (Lipinski definition) is 3. The third kappa shape index (κ3) is 2.84. The van der Waals surface area contributed by atoms with Gasteiger partial charge in [-0.3, -0.25) is 10.6 Å². The molecule has 3 heteroatoms. The quantitative estimate of drug-likeness (QED) is 0.905. The van der Waals surface area contributed by atoms with Crippen molar-refractivity contribution in [2.75, 3.05) is 7.11 Å². The zero-order valence-corrected chi connectivity index (χ0v) is 14.0. The highest BCUT2D eigenvalue weighted by Gasteiger charge is 2.36. The summed E-state index contributed by atoms with van der Waals surface area (Å²) in [6.45, 7) is 2.33. The van der Waals surface area contributed by atoms with Gasteiger partial charge in [0.2, 0.25) is 0 Å². The highest BCUT2D eigenvalue weighted by Crippen LogP contribution is 2.30. The largest absolute Gasteiger partial charge is 0.497 e. The van der Waals surface area contributed by atoms with Gasteiger partial charge in [-0.2, -0.15) is 0 Å². The maximum Gasteiger partial charge on any atom is 0.119 e. The Bertz CT molecular complexity index is 685. The lowest BCUT2D eigenvalue weighted by atomic mass is 9.92. The second-order valence-corrected chi connectivity index (χ2v) is 7.07. The van der Waals surface area contributed by atoms with E-state index < -0.39 is 0 Å². The van der Waals surface area contributed by atoms with Crippen LogP contribution in [0.1, 0.15) is 44.1 Å². The number of hydrogen-bond donors (Lipinski definition) is 2. The van der Waals surface area contributed by atoms with E-state index in [1.165, 1.54) is 42.0 Å².